The number of hydrogen-bond acceptors (Lipinski definition) is 4. The van der Waals surface area contributed by atoms with Gasteiger partial charge in [0, 0.05) is 45.4 Å². The number of aliphatic hydroxyl groups is 1. The van der Waals surface area contributed by atoms with Crippen LogP contribution in [0.2, 0.25) is 0 Å². The molecule has 2 N–H and O–H groups in total. The van der Waals surface area contributed by atoms with E-state index in [-0.39, 0.29) is 12.4 Å². The average Bonchev–Trinajstić information content (AvgIpc) is 2.73. The summed E-state index contributed by atoms with van der Waals surface area (Å²) in [6, 6.07) is 4.90. The van der Waals surface area contributed by atoms with Crippen molar-refractivity contribution in [1.29, 1.82) is 0 Å². The third-order valence-electron chi connectivity index (χ3n) is 3.66. The predicted molar refractivity (Wildman–Crippen MR) is 85.1 cm³/mol. The number of anilines is 1. The molecule has 0 aliphatic carbocycles. The molecule has 1 heterocycles. The van der Waals surface area contributed by atoms with Crippen LogP contribution in [0.1, 0.15) is 22.4 Å². The average molecular weight is 306 g/mol. The summed E-state index contributed by atoms with van der Waals surface area (Å²) < 4.78 is 15.5. The Morgan fingerprint density at radius 1 is 1.32 bits per heavy atom. The molecule has 0 aliphatic heterocycles. The lowest BCUT2D eigenvalue weighted by molar-refractivity contribution is 0.275. The summed E-state index contributed by atoms with van der Waals surface area (Å²) in [4.78, 5) is 2.03. The Labute approximate surface area is 130 Å². The number of aryl methyl sites for hydroxylation is 2. The van der Waals surface area contributed by atoms with E-state index in [2.05, 4.69) is 10.4 Å². The van der Waals surface area contributed by atoms with Gasteiger partial charge in [-0.3, -0.25) is 4.68 Å². The highest BCUT2D eigenvalue weighted by Crippen LogP contribution is 2.21. The number of hydrogen-bond donors (Lipinski definition) is 2. The first-order chi connectivity index (χ1) is 10.4. The molecule has 1 aromatic carbocycles. The highest BCUT2D eigenvalue weighted by Gasteiger charge is 2.14. The van der Waals surface area contributed by atoms with E-state index in [0.29, 0.717) is 18.7 Å². The lowest BCUT2D eigenvalue weighted by Gasteiger charge is -2.15. The van der Waals surface area contributed by atoms with E-state index in [1.165, 1.54) is 6.07 Å². The van der Waals surface area contributed by atoms with E-state index in [1.807, 2.05) is 43.7 Å². The summed E-state index contributed by atoms with van der Waals surface area (Å²) in [7, 11) is 5.90. The molecule has 0 atom stereocenters. The zero-order chi connectivity index (χ0) is 16.3. The molecule has 0 radical (unpaired) electrons. The minimum atomic E-state index is -0.367. The highest BCUT2D eigenvalue weighted by molar-refractivity contribution is 5.48. The largest absolute Gasteiger partial charge is 0.392 e. The fraction of sp³-hybridized carbons (Fsp3) is 0.438. The molecular weight excluding hydrogens is 283 g/mol. The molecule has 0 unspecified atom stereocenters. The van der Waals surface area contributed by atoms with E-state index in [9.17, 15) is 4.39 Å². The smallest absolute Gasteiger partial charge is 0.130 e. The number of rotatable bonds is 6. The van der Waals surface area contributed by atoms with Crippen LogP contribution in [0.3, 0.4) is 0 Å². The maximum Gasteiger partial charge on any atom is 0.130 e. The van der Waals surface area contributed by atoms with Crippen LogP contribution >= 0.6 is 0 Å². The van der Waals surface area contributed by atoms with E-state index < -0.39 is 0 Å². The van der Waals surface area contributed by atoms with Gasteiger partial charge >= 0.3 is 0 Å². The van der Waals surface area contributed by atoms with Crippen molar-refractivity contribution >= 4 is 5.82 Å². The molecule has 22 heavy (non-hydrogen) atoms. The van der Waals surface area contributed by atoms with Crippen LogP contribution in [0, 0.1) is 12.7 Å². The normalized spacial score (nSPS) is 11.0. The van der Waals surface area contributed by atoms with Gasteiger partial charge in [0.2, 0.25) is 0 Å². The van der Waals surface area contributed by atoms with E-state index in [1.54, 1.807) is 6.07 Å². The Kier molecular flexibility index (Phi) is 5.15. The second-order valence-electron chi connectivity index (χ2n) is 5.59. The molecular formula is C16H23FN4O. The molecule has 6 heteroatoms. The predicted octanol–water partition coefficient (Wildman–Crippen LogP) is 1.72. The van der Waals surface area contributed by atoms with Crippen molar-refractivity contribution in [2.24, 2.45) is 7.05 Å². The first-order valence-electron chi connectivity index (χ1n) is 7.22. The monoisotopic (exact) mass is 306 g/mol. The molecule has 2 aromatic rings. The lowest BCUT2D eigenvalue weighted by atomic mass is 10.1. The van der Waals surface area contributed by atoms with Crippen LogP contribution in [0.4, 0.5) is 10.2 Å². The molecule has 0 saturated carbocycles. The molecule has 2 rings (SSSR count). The zero-order valence-corrected chi connectivity index (χ0v) is 13.5. The van der Waals surface area contributed by atoms with Gasteiger partial charge < -0.3 is 15.3 Å². The Morgan fingerprint density at radius 2 is 2.05 bits per heavy atom. The molecule has 5 nitrogen and oxygen atoms in total. The van der Waals surface area contributed by atoms with Crippen LogP contribution in [-0.4, -0.2) is 29.0 Å². The number of halogens is 1. The molecule has 0 aliphatic rings. The summed E-state index contributed by atoms with van der Waals surface area (Å²) in [6.45, 7) is 2.93. The number of aliphatic hydroxyl groups excluding tert-OH is 1. The van der Waals surface area contributed by atoms with Crippen molar-refractivity contribution in [3.8, 4) is 0 Å². The maximum atomic E-state index is 13.6. The fourth-order valence-electron chi connectivity index (χ4n) is 2.62. The third kappa shape index (κ3) is 3.45. The van der Waals surface area contributed by atoms with Gasteiger partial charge in [-0.05, 0) is 18.6 Å². The Bertz CT molecular complexity index is 652. The van der Waals surface area contributed by atoms with Crippen molar-refractivity contribution in [3.05, 3.63) is 46.4 Å². The maximum absolute atomic E-state index is 13.6. The molecule has 120 valence electrons. The summed E-state index contributed by atoms with van der Waals surface area (Å²) in [5.74, 6) is 0.695. The minimum absolute atomic E-state index is 0.277. The van der Waals surface area contributed by atoms with Crippen molar-refractivity contribution in [1.82, 2.24) is 15.1 Å². The van der Waals surface area contributed by atoms with Crippen LogP contribution in [-0.2, 0) is 26.7 Å². The minimum Gasteiger partial charge on any atom is -0.392 e. The molecule has 0 amide bonds. The summed E-state index contributed by atoms with van der Waals surface area (Å²) in [5.41, 5.74) is 3.30. The van der Waals surface area contributed by atoms with Crippen LogP contribution < -0.4 is 10.2 Å². The summed E-state index contributed by atoms with van der Waals surface area (Å²) in [6.07, 6.45) is 0. The molecule has 0 fully saturated rings. The SMILES string of the molecule is Cc1nn(C)c(N(C)C)c1CNCc1ccc(CO)c(F)c1. The Hall–Kier alpha value is -1.92. The third-order valence-corrected chi connectivity index (χ3v) is 3.66. The standard InChI is InChI=1S/C16H23FN4O/c1-11-14(16(20(2)3)21(4)19-11)9-18-8-12-5-6-13(10-22)15(17)7-12/h5-7,18,22H,8-10H2,1-4H3. The molecule has 1 aromatic heterocycles. The van der Waals surface area contributed by atoms with E-state index in [4.69, 9.17) is 5.11 Å². The van der Waals surface area contributed by atoms with Crippen molar-refractivity contribution < 1.29 is 9.50 Å². The van der Waals surface area contributed by atoms with Gasteiger partial charge in [-0.15, -0.1) is 0 Å². The van der Waals surface area contributed by atoms with E-state index in [0.717, 1.165) is 22.6 Å². The van der Waals surface area contributed by atoms with Crippen molar-refractivity contribution in [3.63, 3.8) is 0 Å². The topological polar surface area (TPSA) is 53.3 Å². The van der Waals surface area contributed by atoms with Gasteiger partial charge in [0.15, 0.2) is 0 Å². The fourth-order valence-corrected chi connectivity index (χ4v) is 2.62. The second kappa shape index (κ2) is 6.89. The summed E-state index contributed by atoms with van der Waals surface area (Å²) in [5, 5.41) is 16.7. The highest BCUT2D eigenvalue weighted by atomic mass is 19.1. The Balaban J connectivity index is 2.04. The van der Waals surface area contributed by atoms with Gasteiger partial charge in [-0.2, -0.15) is 5.10 Å². The first-order valence-corrected chi connectivity index (χ1v) is 7.22. The van der Waals surface area contributed by atoms with Gasteiger partial charge in [0.05, 0.1) is 12.3 Å². The number of nitrogens with zero attached hydrogens (tertiary/aromatic N) is 3. The van der Waals surface area contributed by atoms with Crippen LogP contribution in [0.25, 0.3) is 0 Å². The molecule has 0 bridgehead atoms. The van der Waals surface area contributed by atoms with Gasteiger partial charge in [-0.1, -0.05) is 12.1 Å². The van der Waals surface area contributed by atoms with Crippen LogP contribution in [0.15, 0.2) is 18.2 Å². The van der Waals surface area contributed by atoms with Gasteiger partial charge in [-0.25, -0.2) is 4.39 Å². The lowest BCUT2D eigenvalue weighted by Crippen LogP contribution is -2.19. The number of aromatic nitrogens is 2. The zero-order valence-electron chi connectivity index (χ0n) is 13.5. The quantitative estimate of drug-likeness (QED) is 0.853. The number of nitrogens with one attached hydrogen (secondary N) is 1. The van der Waals surface area contributed by atoms with Gasteiger partial charge in [0.1, 0.15) is 11.6 Å². The molecule has 0 spiro atoms. The summed E-state index contributed by atoms with van der Waals surface area (Å²) >= 11 is 0. The first kappa shape index (κ1) is 16.5. The second-order valence-corrected chi connectivity index (χ2v) is 5.59. The van der Waals surface area contributed by atoms with Gasteiger partial charge in [0.25, 0.3) is 0 Å². The van der Waals surface area contributed by atoms with Crippen molar-refractivity contribution in [2.75, 3.05) is 19.0 Å². The molecule has 0 saturated heterocycles. The van der Waals surface area contributed by atoms with Crippen LogP contribution in [0.5, 0.6) is 0 Å². The Morgan fingerprint density at radius 3 is 2.64 bits per heavy atom. The van der Waals surface area contributed by atoms with Crippen molar-refractivity contribution in [2.45, 2.75) is 26.6 Å². The van der Waals surface area contributed by atoms with E-state index >= 15 is 0 Å². The number of benzene rings is 1.